The van der Waals surface area contributed by atoms with Crippen molar-refractivity contribution in [3.63, 3.8) is 0 Å². The van der Waals surface area contributed by atoms with Crippen LogP contribution in [0.4, 0.5) is 4.79 Å². The van der Waals surface area contributed by atoms with Gasteiger partial charge in [-0.3, -0.25) is 5.32 Å². The second-order valence-corrected chi connectivity index (χ2v) is 12.6. The summed E-state index contributed by atoms with van der Waals surface area (Å²) in [4.78, 5) is 14.8. The Kier molecular flexibility index (Phi) is 10.8. The molecule has 0 aromatic heterocycles. The third-order valence-electron chi connectivity index (χ3n) is 6.08. The summed E-state index contributed by atoms with van der Waals surface area (Å²) in [7, 11) is -1.13. The van der Waals surface area contributed by atoms with E-state index in [4.69, 9.17) is 4.74 Å². The summed E-state index contributed by atoms with van der Waals surface area (Å²) in [5.74, 6) is 0. The lowest BCUT2D eigenvalue weighted by Gasteiger charge is -2.21. The van der Waals surface area contributed by atoms with Crippen molar-refractivity contribution in [2.24, 2.45) is 0 Å². The minimum absolute atomic E-state index is 0.395. The molecule has 0 spiro atoms. The molecule has 1 saturated heterocycles. The summed E-state index contributed by atoms with van der Waals surface area (Å²) >= 11 is 0. The Hall–Kier alpha value is -2.12. The molecule has 1 N–H and O–H groups in total. The van der Waals surface area contributed by atoms with E-state index in [1.807, 2.05) is 26.8 Å². The summed E-state index contributed by atoms with van der Waals surface area (Å²) in [5.41, 5.74) is 0.523. The summed E-state index contributed by atoms with van der Waals surface area (Å²) < 4.78 is 30.7. The number of nitrogens with one attached hydrogen (secondary N) is 1. The van der Waals surface area contributed by atoms with Crippen LogP contribution in [0.25, 0.3) is 0 Å². The van der Waals surface area contributed by atoms with Gasteiger partial charge < -0.3 is 9.64 Å². The first-order valence-corrected chi connectivity index (χ1v) is 13.9. The fraction of sp³-hybridized carbons (Fsp3) is 0.593. The maximum Gasteiger partial charge on any atom is 0.411 e. The lowest BCUT2D eigenvalue weighted by molar-refractivity contribution is 0.0552. The Morgan fingerprint density at radius 2 is 1.94 bits per heavy atom. The van der Waals surface area contributed by atoms with Crippen molar-refractivity contribution >= 4 is 15.9 Å². The van der Waals surface area contributed by atoms with E-state index in [9.17, 15) is 13.2 Å². The molecule has 7 heteroatoms. The Morgan fingerprint density at radius 3 is 2.56 bits per heavy atom. The first kappa shape index (κ1) is 28.1. The number of sulfone groups is 1. The molecule has 6 nitrogen and oxygen atoms in total. The van der Waals surface area contributed by atoms with Crippen molar-refractivity contribution in [2.75, 3.05) is 13.6 Å². The van der Waals surface area contributed by atoms with E-state index in [2.05, 4.69) is 29.4 Å². The monoisotopic (exact) mass is 490 g/mol. The highest BCUT2D eigenvalue weighted by Crippen LogP contribution is 2.23. The van der Waals surface area contributed by atoms with Gasteiger partial charge in [0, 0.05) is 12.2 Å². The molecule has 1 aliphatic heterocycles. The second-order valence-electron chi connectivity index (χ2n) is 10.2. The molecule has 0 radical (unpaired) electrons. The van der Waals surface area contributed by atoms with Crippen molar-refractivity contribution < 1.29 is 17.9 Å². The molecule has 0 saturated carbocycles. The van der Waals surface area contributed by atoms with Crippen molar-refractivity contribution in [1.82, 2.24) is 10.2 Å². The zero-order valence-corrected chi connectivity index (χ0v) is 22.2. The van der Waals surface area contributed by atoms with Crippen LogP contribution in [0.5, 0.6) is 0 Å². The van der Waals surface area contributed by atoms with Crippen LogP contribution in [0, 0.1) is 0 Å². The van der Waals surface area contributed by atoms with Gasteiger partial charge in [0.25, 0.3) is 0 Å². The summed E-state index contributed by atoms with van der Waals surface area (Å²) in [5, 5.41) is 2.37. The number of benzene rings is 1. The normalized spacial score (nSPS) is 18.9. The van der Waals surface area contributed by atoms with Gasteiger partial charge in [0.05, 0.1) is 10.1 Å². The average Bonchev–Trinajstić information content (AvgIpc) is 3.17. The Morgan fingerprint density at radius 1 is 1.24 bits per heavy atom. The zero-order valence-electron chi connectivity index (χ0n) is 21.4. The number of hydrogen-bond donors (Lipinski definition) is 1. The third-order valence-corrected chi connectivity index (χ3v) is 8.31. The number of ether oxygens (including phenoxy) is 1. The van der Waals surface area contributed by atoms with E-state index in [-0.39, 0.29) is 0 Å². The van der Waals surface area contributed by atoms with Crippen LogP contribution in [0.1, 0.15) is 72.6 Å². The molecule has 0 aliphatic carbocycles. The van der Waals surface area contributed by atoms with Crippen LogP contribution >= 0.6 is 0 Å². The van der Waals surface area contributed by atoms with Crippen LogP contribution < -0.4 is 5.32 Å². The van der Waals surface area contributed by atoms with E-state index in [0.29, 0.717) is 17.4 Å². The second kappa shape index (κ2) is 13.1. The van der Waals surface area contributed by atoms with Gasteiger partial charge in [0.15, 0.2) is 9.84 Å². The Balaban J connectivity index is 1.86. The molecule has 1 heterocycles. The highest BCUT2D eigenvalue weighted by atomic mass is 32.2. The first-order valence-electron chi connectivity index (χ1n) is 12.3. The number of likely N-dealkylation sites (tertiary alicyclic amines) is 1. The van der Waals surface area contributed by atoms with E-state index in [1.165, 1.54) is 6.42 Å². The fourth-order valence-corrected chi connectivity index (χ4v) is 5.55. The van der Waals surface area contributed by atoms with Gasteiger partial charge in [-0.05, 0) is 97.5 Å². The molecule has 190 valence electrons. The number of carbonyl (C=O) groups is 1. The first-order chi connectivity index (χ1) is 16.0. The molecule has 1 amide bonds. The molecular weight excluding hydrogens is 448 g/mol. The van der Waals surface area contributed by atoms with Crippen LogP contribution in [-0.2, 0) is 14.6 Å². The number of rotatable bonds is 11. The maximum atomic E-state index is 12.7. The number of hydrogen-bond acceptors (Lipinski definition) is 5. The Bertz CT molecular complexity index is 933. The SMILES string of the molecule is CC(CCCC/C=C/C(=C\NC(=O)OC(C)(C)C)C[C@H]1CCCN1C)S(=O)(=O)c1ccccc1. The topological polar surface area (TPSA) is 75.7 Å². The van der Waals surface area contributed by atoms with E-state index in [1.54, 1.807) is 37.4 Å². The van der Waals surface area contributed by atoms with Gasteiger partial charge in [0.2, 0.25) is 0 Å². The van der Waals surface area contributed by atoms with Crippen molar-refractivity contribution in [1.29, 1.82) is 0 Å². The number of unbranched alkanes of at least 4 members (excludes halogenated alkanes) is 2. The van der Waals surface area contributed by atoms with Gasteiger partial charge in [0.1, 0.15) is 5.60 Å². The quantitative estimate of drug-likeness (QED) is 0.311. The number of nitrogens with zero attached hydrogens (tertiary/aromatic N) is 1. The molecule has 1 fully saturated rings. The predicted molar refractivity (Wildman–Crippen MR) is 138 cm³/mol. The van der Waals surface area contributed by atoms with Gasteiger partial charge >= 0.3 is 6.09 Å². The number of alkyl carbamates (subject to hydrolysis) is 1. The zero-order chi connectivity index (χ0) is 25.2. The number of allylic oxidation sites excluding steroid dienone is 2. The molecule has 2 atom stereocenters. The summed E-state index contributed by atoms with van der Waals surface area (Å²) in [6, 6.07) is 9.14. The standard InChI is InChI=1S/C27H42N2O4S/c1-22(34(31,32)25-17-11-8-12-18-25)14-9-6-7-10-15-23(20-24-16-13-19-29(24)5)21-28-26(30)33-27(2,3)4/h8,10-12,15,17-18,21-22,24H,6-7,9,13-14,16,19-20H2,1-5H3,(H,28,30)/b15-10+,23-21+/t22?,24-/m1/s1. The minimum Gasteiger partial charge on any atom is -0.444 e. The van der Waals surface area contributed by atoms with E-state index in [0.717, 1.165) is 44.2 Å². The highest BCUT2D eigenvalue weighted by Gasteiger charge is 2.23. The van der Waals surface area contributed by atoms with Gasteiger partial charge in [-0.1, -0.05) is 36.8 Å². The molecule has 0 bridgehead atoms. The molecule has 1 unspecified atom stereocenters. The van der Waals surface area contributed by atoms with Crippen LogP contribution in [0.2, 0.25) is 0 Å². The number of amides is 1. The van der Waals surface area contributed by atoms with Crippen molar-refractivity contribution in [3.8, 4) is 0 Å². The summed E-state index contributed by atoms with van der Waals surface area (Å²) in [6.07, 6.45) is 12.0. The predicted octanol–water partition coefficient (Wildman–Crippen LogP) is 5.86. The van der Waals surface area contributed by atoms with Crippen LogP contribution in [-0.4, -0.2) is 49.9 Å². The van der Waals surface area contributed by atoms with Crippen molar-refractivity contribution in [2.45, 2.75) is 94.4 Å². The lowest BCUT2D eigenvalue weighted by Crippen LogP contribution is -2.30. The lowest BCUT2D eigenvalue weighted by atomic mass is 10.0. The largest absolute Gasteiger partial charge is 0.444 e. The number of carbonyl (C=O) groups excluding carboxylic acids is 1. The summed E-state index contributed by atoms with van der Waals surface area (Å²) in [6.45, 7) is 8.42. The van der Waals surface area contributed by atoms with Gasteiger partial charge in [-0.25, -0.2) is 13.2 Å². The van der Waals surface area contributed by atoms with Crippen molar-refractivity contribution in [3.05, 3.63) is 54.3 Å². The molecule has 1 aromatic carbocycles. The Labute approximate surface area is 206 Å². The smallest absolute Gasteiger partial charge is 0.411 e. The molecule has 2 rings (SSSR count). The van der Waals surface area contributed by atoms with Crippen LogP contribution in [0.15, 0.2) is 59.2 Å². The molecule has 1 aromatic rings. The highest BCUT2D eigenvalue weighted by molar-refractivity contribution is 7.92. The fourth-order valence-electron chi connectivity index (χ4n) is 4.07. The minimum atomic E-state index is -3.28. The average molecular weight is 491 g/mol. The third kappa shape index (κ3) is 9.63. The van der Waals surface area contributed by atoms with Gasteiger partial charge in [-0.2, -0.15) is 0 Å². The maximum absolute atomic E-state index is 12.7. The van der Waals surface area contributed by atoms with E-state index < -0.39 is 26.8 Å². The van der Waals surface area contributed by atoms with E-state index >= 15 is 0 Å². The van der Waals surface area contributed by atoms with Gasteiger partial charge in [-0.15, -0.1) is 0 Å². The molecule has 34 heavy (non-hydrogen) atoms. The van der Waals surface area contributed by atoms with Crippen LogP contribution in [0.3, 0.4) is 0 Å². The molecular formula is C27H42N2O4S. The molecule has 1 aliphatic rings.